The van der Waals surface area contributed by atoms with Gasteiger partial charge in [0.25, 0.3) is 0 Å². The Labute approximate surface area is 81.2 Å². The van der Waals surface area contributed by atoms with E-state index >= 15 is 0 Å². The van der Waals surface area contributed by atoms with E-state index in [0.29, 0.717) is 0 Å². The smallest absolute Gasteiger partial charge is 0.0488 e. The topological polar surface area (TPSA) is 12.9 Å². The molecule has 1 aromatic heterocycles. The molecule has 0 aliphatic carbocycles. The molecule has 0 spiro atoms. The van der Waals surface area contributed by atoms with Gasteiger partial charge in [-0.3, -0.25) is 4.98 Å². The predicted molar refractivity (Wildman–Crippen MR) is 56.9 cm³/mol. The van der Waals surface area contributed by atoms with Crippen molar-refractivity contribution in [3.63, 3.8) is 0 Å². The van der Waals surface area contributed by atoms with Crippen molar-refractivity contribution in [2.75, 3.05) is 0 Å². The molecular weight excluding hydrogens is 158 g/mol. The summed E-state index contributed by atoms with van der Waals surface area (Å²) < 4.78 is 0. The number of hydrogen-bond acceptors (Lipinski definition) is 1. The van der Waals surface area contributed by atoms with Crippen molar-refractivity contribution in [3.8, 4) is 0 Å². The Hall–Kier alpha value is -0.850. The van der Waals surface area contributed by atoms with Crippen molar-refractivity contribution in [1.82, 2.24) is 4.98 Å². The van der Waals surface area contributed by atoms with Gasteiger partial charge in [-0.05, 0) is 25.0 Å². The van der Waals surface area contributed by atoms with E-state index in [0.717, 1.165) is 0 Å². The second kappa shape index (κ2) is 3.91. The lowest BCUT2D eigenvalue weighted by Gasteiger charge is -2.24. The first kappa shape index (κ1) is 10.2. The van der Waals surface area contributed by atoms with Crippen LogP contribution in [0.15, 0.2) is 18.3 Å². The lowest BCUT2D eigenvalue weighted by molar-refractivity contribution is 0.457. The Morgan fingerprint density at radius 2 is 2.08 bits per heavy atom. The van der Waals surface area contributed by atoms with Crippen LogP contribution in [0.1, 0.15) is 44.9 Å². The van der Waals surface area contributed by atoms with Gasteiger partial charge in [0.2, 0.25) is 0 Å². The maximum Gasteiger partial charge on any atom is 0.0488 e. The molecule has 0 aliphatic heterocycles. The van der Waals surface area contributed by atoms with Crippen molar-refractivity contribution in [2.45, 2.75) is 46.0 Å². The van der Waals surface area contributed by atoms with Crippen LogP contribution < -0.4 is 0 Å². The van der Waals surface area contributed by atoms with Crippen molar-refractivity contribution in [3.05, 3.63) is 29.6 Å². The number of pyridine rings is 1. The minimum atomic E-state index is 0.222. The van der Waals surface area contributed by atoms with Gasteiger partial charge in [0.05, 0.1) is 0 Å². The summed E-state index contributed by atoms with van der Waals surface area (Å²) in [7, 11) is 0. The van der Waals surface area contributed by atoms with Gasteiger partial charge in [-0.1, -0.05) is 33.3 Å². The van der Waals surface area contributed by atoms with Gasteiger partial charge < -0.3 is 0 Å². The second-order valence-electron chi connectivity index (χ2n) is 4.30. The van der Waals surface area contributed by atoms with E-state index in [1.165, 1.54) is 24.1 Å². The highest BCUT2D eigenvalue weighted by atomic mass is 14.7. The quantitative estimate of drug-likeness (QED) is 0.689. The molecule has 72 valence electrons. The fraction of sp³-hybridized carbons (Fsp3) is 0.583. The molecule has 1 heterocycles. The summed E-state index contributed by atoms with van der Waals surface area (Å²) in [4.78, 5) is 4.47. The van der Waals surface area contributed by atoms with Crippen LogP contribution in [0.25, 0.3) is 0 Å². The zero-order valence-corrected chi connectivity index (χ0v) is 9.09. The lowest BCUT2D eigenvalue weighted by Crippen LogP contribution is -2.19. The monoisotopic (exact) mass is 177 g/mol. The van der Waals surface area contributed by atoms with Crippen LogP contribution in [0.2, 0.25) is 0 Å². The molecule has 0 aromatic carbocycles. The average Bonchev–Trinajstić information content (AvgIpc) is 2.04. The normalized spacial score (nSPS) is 11.7. The van der Waals surface area contributed by atoms with E-state index in [1.54, 1.807) is 0 Å². The van der Waals surface area contributed by atoms with E-state index in [2.05, 4.69) is 38.7 Å². The Bertz CT molecular complexity index is 276. The summed E-state index contributed by atoms with van der Waals surface area (Å²) >= 11 is 0. The average molecular weight is 177 g/mol. The standard InChI is InChI=1S/C12H19N/c1-5-8-12(3,4)11-10(2)7-6-9-13-11/h6-7,9H,5,8H2,1-4H3. The third kappa shape index (κ3) is 2.30. The van der Waals surface area contributed by atoms with Crippen molar-refractivity contribution < 1.29 is 0 Å². The molecule has 0 fully saturated rings. The summed E-state index contributed by atoms with van der Waals surface area (Å²) in [6, 6.07) is 4.14. The molecule has 13 heavy (non-hydrogen) atoms. The maximum absolute atomic E-state index is 4.47. The molecule has 0 aliphatic rings. The highest BCUT2D eigenvalue weighted by molar-refractivity contribution is 5.24. The molecule has 0 saturated carbocycles. The van der Waals surface area contributed by atoms with Crippen LogP contribution in [-0.4, -0.2) is 4.98 Å². The summed E-state index contributed by atoms with van der Waals surface area (Å²) in [6.07, 6.45) is 4.30. The van der Waals surface area contributed by atoms with Gasteiger partial charge in [-0.2, -0.15) is 0 Å². The summed E-state index contributed by atoms with van der Waals surface area (Å²) in [5, 5.41) is 0. The number of nitrogens with zero attached hydrogens (tertiary/aromatic N) is 1. The van der Waals surface area contributed by atoms with Gasteiger partial charge in [-0.15, -0.1) is 0 Å². The van der Waals surface area contributed by atoms with E-state index in [1.807, 2.05) is 12.3 Å². The first-order valence-electron chi connectivity index (χ1n) is 5.00. The van der Waals surface area contributed by atoms with Crippen molar-refractivity contribution in [1.29, 1.82) is 0 Å². The molecule has 0 radical (unpaired) electrons. The van der Waals surface area contributed by atoms with Gasteiger partial charge in [-0.25, -0.2) is 0 Å². The largest absolute Gasteiger partial charge is 0.260 e. The summed E-state index contributed by atoms with van der Waals surface area (Å²) in [5.74, 6) is 0. The molecular formula is C12H19N. The zero-order chi connectivity index (χ0) is 9.90. The Kier molecular flexibility index (Phi) is 3.07. The van der Waals surface area contributed by atoms with Gasteiger partial charge in [0, 0.05) is 17.3 Å². The van der Waals surface area contributed by atoms with Gasteiger partial charge >= 0.3 is 0 Å². The molecule has 1 nitrogen and oxygen atoms in total. The van der Waals surface area contributed by atoms with Crippen LogP contribution in [0.5, 0.6) is 0 Å². The molecule has 1 aromatic rings. The Balaban J connectivity index is 2.99. The van der Waals surface area contributed by atoms with Crippen molar-refractivity contribution in [2.24, 2.45) is 0 Å². The SMILES string of the molecule is CCCC(C)(C)c1ncccc1C. The van der Waals surface area contributed by atoms with Gasteiger partial charge in [0.15, 0.2) is 0 Å². The van der Waals surface area contributed by atoms with E-state index in [9.17, 15) is 0 Å². The third-order valence-electron chi connectivity index (χ3n) is 2.53. The highest BCUT2D eigenvalue weighted by Gasteiger charge is 2.22. The molecule has 0 N–H and O–H groups in total. The van der Waals surface area contributed by atoms with E-state index < -0.39 is 0 Å². The molecule has 1 rings (SSSR count). The van der Waals surface area contributed by atoms with Crippen LogP contribution in [-0.2, 0) is 5.41 Å². The molecule has 0 bridgehead atoms. The maximum atomic E-state index is 4.47. The minimum absolute atomic E-state index is 0.222. The second-order valence-corrected chi connectivity index (χ2v) is 4.30. The number of hydrogen-bond donors (Lipinski definition) is 0. The van der Waals surface area contributed by atoms with Crippen molar-refractivity contribution >= 4 is 0 Å². The number of rotatable bonds is 3. The lowest BCUT2D eigenvalue weighted by atomic mass is 9.82. The number of aromatic nitrogens is 1. The number of aryl methyl sites for hydroxylation is 1. The molecule has 1 heteroatoms. The fourth-order valence-electron chi connectivity index (χ4n) is 1.94. The summed E-state index contributed by atoms with van der Waals surface area (Å²) in [5.41, 5.74) is 2.78. The summed E-state index contributed by atoms with van der Waals surface area (Å²) in [6.45, 7) is 8.90. The van der Waals surface area contributed by atoms with Gasteiger partial charge in [0.1, 0.15) is 0 Å². The van der Waals surface area contributed by atoms with Crippen LogP contribution in [0.3, 0.4) is 0 Å². The molecule has 0 saturated heterocycles. The molecule has 0 unspecified atom stereocenters. The molecule has 0 atom stereocenters. The fourth-order valence-corrected chi connectivity index (χ4v) is 1.94. The van der Waals surface area contributed by atoms with Crippen LogP contribution in [0, 0.1) is 6.92 Å². The predicted octanol–water partition coefficient (Wildman–Crippen LogP) is 3.47. The Morgan fingerprint density at radius 1 is 1.38 bits per heavy atom. The Morgan fingerprint density at radius 3 is 2.62 bits per heavy atom. The first-order chi connectivity index (χ1) is 6.08. The zero-order valence-electron chi connectivity index (χ0n) is 9.09. The third-order valence-corrected chi connectivity index (χ3v) is 2.53. The highest BCUT2D eigenvalue weighted by Crippen LogP contribution is 2.28. The van der Waals surface area contributed by atoms with Crippen LogP contribution in [0.4, 0.5) is 0 Å². The van der Waals surface area contributed by atoms with E-state index in [-0.39, 0.29) is 5.41 Å². The molecule has 0 amide bonds. The van der Waals surface area contributed by atoms with E-state index in [4.69, 9.17) is 0 Å². The van der Waals surface area contributed by atoms with Crippen LogP contribution >= 0.6 is 0 Å². The minimum Gasteiger partial charge on any atom is -0.260 e. The first-order valence-corrected chi connectivity index (χ1v) is 5.00.